The van der Waals surface area contributed by atoms with Gasteiger partial charge in [-0.25, -0.2) is 9.98 Å². The fraction of sp³-hybridized carbons (Fsp3) is 0.310. The minimum absolute atomic E-state index is 0.134. The Bertz CT molecular complexity index is 1630. The van der Waals surface area contributed by atoms with E-state index in [1.165, 1.54) is 25.8 Å². The summed E-state index contributed by atoms with van der Waals surface area (Å²) >= 11 is 1.51. The molecular formula is C29H33N7O3S. The SMILES string of the molecule is CN/C(C)=C\C(N)=Nc1cc(-c2ccnc(N(C)/N=C\c3c(C=O)sc4c3CC(C)(C)C4)c2C=O)cn(C)c1=O. The number of rotatable bonds is 9. The summed E-state index contributed by atoms with van der Waals surface area (Å²) in [5.41, 5.74) is 10.2. The molecule has 0 saturated carbocycles. The van der Waals surface area contributed by atoms with Gasteiger partial charge in [0.2, 0.25) is 0 Å². The molecule has 3 heterocycles. The number of aldehydes is 2. The predicted octanol–water partition coefficient (Wildman–Crippen LogP) is 3.84. The first-order valence-electron chi connectivity index (χ1n) is 12.7. The monoisotopic (exact) mass is 559 g/mol. The number of aliphatic imine (C=N–C) groups is 1. The van der Waals surface area contributed by atoms with Gasteiger partial charge in [0.1, 0.15) is 11.5 Å². The van der Waals surface area contributed by atoms with Crippen LogP contribution in [0.4, 0.5) is 11.5 Å². The Morgan fingerprint density at radius 3 is 2.67 bits per heavy atom. The number of aromatic nitrogens is 2. The summed E-state index contributed by atoms with van der Waals surface area (Å²) < 4.78 is 1.40. The average Bonchev–Trinajstić information content (AvgIpc) is 3.39. The van der Waals surface area contributed by atoms with E-state index in [0.29, 0.717) is 33.7 Å². The van der Waals surface area contributed by atoms with Gasteiger partial charge in [0.15, 0.2) is 18.4 Å². The molecule has 0 atom stereocenters. The average molecular weight is 560 g/mol. The van der Waals surface area contributed by atoms with E-state index in [0.717, 1.165) is 36.0 Å². The third kappa shape index (κ3) is 5.79. The summed E-state index contributed by atoms with van der Waals surface area (Å²) in [4.78, 5) is 47.5. The Hall–Kier alpha value is -4.38. The Labute approximate surface area is 237 Å². The number of anilines is 1. The number of hydrogen-bond acceptors (Lipinski definition) is 9. The van der Waals surface area contributed by atoms with Crippen LogP contribution >= 0.6 is 11.3 Å². The zero-order valence-corrected chi connectivity index (χ0v) is 24.3. The molecule has 1 aliphatic rings. The van der Waals surface area contributed by atoms with Crippen molar-refractivity contribution in [1.82, 2.24) is 14.9 Å². The third-order valence-corrected chi connectivity index (χ3v) is 7.97. The number of amidine groups is 1. The second-order valence-corrected chi connectivity index (χ2v) is 11.7. The fourth-order valence-electron chi connectivity index (χ4n) is 4.76. The number of carbonyl (C=O) groups excluding carboxylic acids is 2. The van der Waals surface area contributed by atoms with Crippen molar-refractivity contribution < 1.29 is 9.59 Å². The maximum absolute atomic E-state index is 12.8. The minimum atomic E-state index is -0.330. The van der Waals surface area contributed by atoms with Gasteiger partial charge in [-0.15, -0.1) is 11.3 Å². The van der Waals surface area contributed by atoms with Gasteiger partial charge in [0, 0.05) is 55.2 Å². The predicted molar refractivity (Wildman–Crippen MR) is 161 cm³/mol. The van der Waals surface area contributed by atoms with Crippen molar-refractivity contribution in [3.8, 4) is 11.1 Å². The second-order valence-electron chi connectivity index (χ2n) is 10.5. The molecule has 0 aromatic carbocycles. The number of pyridine rings is 2. The summed E-state index contributed by atoms with van der Waals surface area (Å²) in [5, 5.41) is 9.03. The van der Waals surface area contributed by atoms with Crippen molar-refractivity contribution in [2.75, 3.05) is 19.1 Å². The summed E-state index contributed by atoms with van der Waals surface area (Å²) in [5.74, 6) is 0.494. The molecule has 3 N–H and O–H groups in total. The Kier molecular flexibility index (Phi) is 8.15. The van der Waals surface area contributed by atoms with E-state index in [2.05, 4.69) is 34.2 Å². The van der Waals surface area contributed by atoms with E-state index in [-0.39, 0.29) is 22.5 Å². The fourth-order valence-corrected chi connectivity index (χ4v) is 6.13. The molecule has 11 heteroatoms. The molecule has 0 bridgehead atoms. The molecule has 0 unspecified atom stereocenters. The van der Waals surface area contributed by atoms with E-state index in [9.17, 15) is 14.4 Å². The van der Waals surface area contributed by atoms with Crippen molar-refractivity contribution in [3.63, 3.8) is 0 Å². The van der Waals surface area contributed by atoms with Crippen molar-refractivity contribution in [1.29, 1.82) is 0 Å². The van der Waals surface area contributed by atoms with Crippen LogP contribution in [-0.2, 0) is 19.9 Å². The van der Waals surface area contributed by atoms with E-state index in [1.54, 1.807) is 58.0 Å². The second kappa shape index (κ2) is 11.4. The van der Waals surface area contributed by atoms with Gasteiger partial charge in [-0.05, 0) is 54.5 Å². The van der Waals surface area contributed by atoms with Gasteiger partial charge >= 0.3 is 0 Å². The summed E-state index contributed by atoms with van der Waals surface area (Å²) in [7, 11) is 5.07. The molecule has 0 aliphatic heterocycles. The maximum atomic E-state index is 12.8. The van der Waals surface area contributed by atoms with Gasteiger partial charge in [0.25, 0.3) is 5.56 Å². The smallest absolute Gasteiger partial charge is 0.276 e. The summed E-state index contributed by atoms with van der Waals surface area (Å²) in [6.07, 6.45) is 9.89. The topological polar surface area (TPSA) is 135 Å². The van der Waals surface area contributed by atoms with Gasteiger partial charge in [0.05, 0.1) is 16.7 Å². The molecular weight excluding hydrogens is 526 g/mol. The van der Waals surface area contributed by atoms with Crippen LogP contribution in [0.15, 0.2) is 51.2 Å². The van der Waals surface area contributed by atoms with Crippen LogP contribution in [0.5, 0.6) is 0 Å². The summed E-state index contributed by atoms with van der Waals surface area (Å²) in [6, 6.07) is 3.30. The van der Waals surface area contributed by atoms with Crippen molar-refractivity contribution in [2.24, 2.45) is 28.3 Å². The van der Waals surface area contributed by atoms with E-state index in [1.807, 2.05) is 6.92 Å². The molecule has 208 valence electrons. The molecule has 3 aromatic rings. The molecule has 40 heavy (non-hydrogen) atoms. The number of aryl methyl sites for hydroxylation is 1. The van der Waals surface area contributed by atoms with Crippen LogP contribution in [-0.4, -0.2) is 48.3 Å². The molecule has 0 spiro atoms. The molecule has 0 saturated heterocycles. The van der Waals surface area contributed by atoms with Crippen LogP contribution in [0.2, 0.25) is 0 Å². The highest BCUT2D eigenvalue weighted by Gasteiger charge is 2.33. The number of carbonyl (C=O) groups is 2. The largest absolute Gasteiger partial charge is 0.392 e. The lowest BCUT2D eigenvalue weighted by atomic mass is 9.90. The highest BCUT2D eigenvalue weighted by atomic mass is 32.1. The number of nitrogens with one attached hydrogen (secondary N) is 1. The van der Waals surface area contributed by atoms with Crippen LogP contribution in [0.3, 0.4) is 0 Å². The van der Waals surface area contributed by atoms with E-state index >= 15 is 0 Å². The highest BCUT2D eigenvalue weighted by molar-refractivity contribution is 7.14. The number of allylic oxidation sites excluding steroid dienone is 1. The number of fused-ring (bicyclic) bond motifs is 1. The van der Waals surface area contributed by atoms with Crippen LogP contribution in [0.1, 0.15) is 56.8 Å². The number of hydrazone groups is 1. The maximum Gasteiger partial charge on any atom is 0.276 e. The zero-order chi connectivity index (χ0) is 29.2. The standard InChI is InChI=1S/C29H33N7O3S/c1-17(31-4)9-26(30)34-23-10-18(14-35(5)28(23)39)19-7-8-32-27(22(19)15-37)36(6)33-13-21-20-11-29(2,3)12-24(20)40-25(21)16-38/h7-10,13-16,31H,11-12H2,1-6H3,(H2,30,34)/b17-9-,33-13-. The van der Waals surface area contributed by atoms with Gasteiger partial charge in [-0.2, -0.15) is 5.10 Å². The first-order valence-corrected chi connectivity index (χ1v) is 13.5. The lowest BCUT2D eigenvalue weighted by molar-refractivity contribution is 0.111. The number of nitrogens with zero attached hydrogens (tertiary/aromatic N) is 5. The van der Waals surface area contributed by atoms with Gasteiger partial charge in [-0.1, -0.05) is 13.8 Å². The van der Waals surface area contributed by atoms with Crippen molar-refractivity contribution in [2.45, 2.75) is 33.6 Å². The van der Waals surface area contributed by atoms with Crippen molar-refractivity contribution >= 4 is 47.5 Å². The van der Waals surface area contributed by atoms with Crippen LogP contribution in [0.25, 0.3) is 11.1 Å². The van der Waals surface area contributed by atoms with E-state index in [4.69, 9.17) is 5.73 Å². The van der Waals surface area contributed by atoms with Crippen molar-refractivity contribution in [3.05, 3.63) is 73.1 Å². The van der Waals surface area contributed by atoms with E-state index < -0.39 is 0 Å². The molecule has 3 aromatic heterocycles. The lowest BCUT2D eigenvalue weighted by Gasteiger charge is -2.17. The molecule has 0 amide bonds. The minimum Gasteiger partial charge on any atom is -0.392 e. The quantitative estimate of drug-likeness (QED) is 0.176. The highest BCUT2D eigenvalue weighted by Crippen LogP contribution is 2.42. The third-order valence-electron chi connectivity index (χ3n) is 6.80. The molecule has 0 radical (unpaired) electrons. The molecule has 0 fully saturated rings. The van der Waals surface area contributed by atoms with Crippen LogP contribution < -0.4 is 21.6 Å². The summed E-state index contributed by atoms with van der Waals surface area (Å²) in [6.45, 7) is 6.25. The lowest BCUT2D eigenvalue weighted by Crippen LogP contribution is -2.18. The first kappa shape index (κ1) is 28.6. The Morgan fingerprint density at radius 1 is 1.25 bits per heavy atom. The normalized spacial score (nSPS) is 14.8. The number of hydrogen-bond donors (Lipinski definition) is 2. The Morgan fingerprint density at radius 2 is 2.00 bits per heavy atom. The van der Waals surface area contributed by atoms with Gasteiger partial charge < -0.3 is 15.6 Å². The van der Waals surface area contributed by atoms with Gasteiger partial charge in [-0.3, -0.25) is 19.4 Å². The number of nitrogens with two attached hydrogens (primary N) is 1. The molecule has 1 aliphatic carbocycles. The Balaban J connectivity index is 1.73. The zero-order valence-electron chi connectivity index (χ0n) is 23.5. The van der Waals surface area contributed by atoms with Crippen LogP contribution in [0, 0.1) is 5.41 Å². The molecule has 10 nitrogen and oxygen atoms in total. The molecule has 4 rings (SSSR count). The number of thiophene rings is 1. The first-order chi connectivity index (χ1) is 19.0.